The summed E-state index contributed by atoms with van der Waals surface area (Å²) in [6, 6.07) is 1.65. The molecule has 2 aliphatic rings. The molecule has 0 bridgehead atoms. The van der Waals surface area contributed by atoms with Crippen LogP contribution in [0.25, 0.3) is 0 Å². The summed E-state index contributed by atoms with van der Waals surface area (Å²) in [6.07, 6.45) is 1.57. The highest BCUT2D eigenvalue weighted by molar-refractivity contribution is 5.59. The van der Waals surface area contributed by atoms with Gasteiger partial charge in [0.2, 0.25) is 6.79 Å². The van der Waals surface area contributed by atoms with Crippen molar-refractivity contribution in [1.82, 2.24) is 0 Å². The van der Waals surface area contributed by atoms with Crippen LogP contribution in [0, 0.1) is 5.41 Å². The summed E-state index contributed by atoms with van der Waals surface area (Å²) in [5, 5.41) is 10.1. The van der Waals surface area contributed by atoms with Gasteiger partial charge in [0.15, 0.2) is 11.5 Å². The lowest BCUT2D eigenvalue weighted by atomic mass is 9.83. The number of rotatable bonds is 1. The van der Waals surface area contributed by atoms with Crippen molar-refractivity contribution in [1.29, 1.82) is 0 Å². The van der Waals surface area contributed by atoms with Gasteiger partial charge in [-0.15, -0.1) is 0 Å². The summed E-state index contributed by atoms with van der Waals surface area (Å²) >= 11 is 0. The van der Waals surface area contributed by atoms with E-state index in [0.29, 0.717) is 18.1 Å². The van der Waals surface area contributed by atoms with Crippen molar-refractivity contribution in [2.24, 2.45) is 5.41 Å². The lowest BCUT2D eigenvalue weighted by Gasteiger charge is -2.32. The molecule has 2 aliphatic heterocycles. The van der Waals surface area contributed by atoms with Crippen LogP contribution in [0.1, 0.15) is 44.4 Å². The van der Waals surface area contributed by atoms with Crippen LogP contribution >= 0.6 is 0 Å². The van der Waals surface area contributed by atoms with Gasteiger partial charge in [-0.25, -0.2) is 0 Å². The molecule has 1 aromatic rings. The maximum atomic E-state index is 10.1. The number of hydrogen-bond acceptors (Lipinski definition) is 4. The second kappa shape index (κ2) is 4.30. The van der Waals surface area contributed by atoms with E-state index in [0.717, 1.165) is 29.7 Å². The Hall–Kier alpha value is -1.42. The molecule has 0 radical (unpaired) electrons. The van der Waals surface area contributed by atoms with E-state index in [-0.39, 0.29) is 18.3 Å². The third-order valence-electron chi connectivity index (χ3n) is 3.58. The molecule has 1 aromatic carbocycles. The van der Waals surface area contributed by atoms with Gasteiger partial charge in [-0.1, -0.05) is 20.8 Å². The van der Waals surface area contributed by atoms with Crippen LogP contribution in [-0.2, 0) is 11.2 Å². The van der Waals surface area contributed by atoms with Gasteiger partial charge in [0.05, 0.1) is 12.7 Å². The summed E-state index contributed by atoms with van der Waals surface area (Å²) in [5.74, 6) is 1.67. The maximum absolute atomic E-state index is 10.1. The van der Waals surface area contributed by atoms with Crippen LogP contribution in [0.5, 0.6) is 17.2 Å². The molecule has 104 valence electrons. The predicted molar refractivity (Wildman–Crippen MR) is 70.7 cm³/mol. The van der Waals surface area contributed by atoms with E-state index < -0.39 is 0 Å². The molecule has 4 heteroatoms. The van der Waals surface area contributed by atoms with Crippen molar-refractivity contribution in [2.45, 2.75) is 39.7 Å². The van der Waals surface area contributed by atoms with E-state index >= 15 is 0 Å². The van der Waals surface area contributed by atoms with Crippen molar-refractivity contribution in [3.63, 3.8) is 0 Å². The molecule has 0 fully saturated rings. The lowest BCUT2D eigenvalue weighted by molar-refractivity contribution is 0.0129. The first-order chi connectivity index (χ1) is 8.96. The van der Waals surface area contributed by atoms with Crippen LogP contribution in [0.4, 0.5) is 0 Å². The van der Waals surface area contributed by atoms with Crippen molar-refractivity contribution >= 4 is 0 Å². The standard InChI is InChI=1S/C15H20O4/c1-15(2,3)7-12-13-9(4-5-17-12)10(16)6-11-14(13)19-8-18-11/h6,12,16H,4-5,7-8H2,1-3H3. The molecule has 4 nitrogen and oxygen atoms in total. The average molecular weight is 264 g/mol. The third kappa shape index (κ3) is 2.25. The minimum Gasteiger partial charge on any atom is -0.508 e. The highest BCUT2D eigenvalue weighted by Crippen LogP contribution is 2.49. The summed E-state index contributed by atoms with van der Waals surface area (Å²) in [4.78, 5) is 0. The molecule has 1 unspecified atom stereocenters. The SMILES string of the molecule is CC(C)(C)CC1OCCc2c(O)cc3c(c21)OCO3. The fourth-order valence-electron chi connectivity index (χ4n) is 2.80. The first kappa shape index (κ1) is 12.6. The van der Waals surface area contributed by atoms with Crippen LogP contribution in [-0.4, -0.2) is 18.5 Å². The van der Waals surface area contributed by atoms with E-state index in [1.54, 1.807) is 6.07 Å². The largest absolute Gasteiger partial charge is 0.508 e. The van der Waals surface area contributed by atoms with Crippen molar-refractivity contribution in [2.75, 3.05) is 13.4 Å². The van der Waals surface area contributed by atoms with Crippen LogP contribution in [0.3, 0.4) is 0 Å². The second-order valence-corrected chi connectivity index (χ2v) is 6.40. The minimum atomic E-state index is -0.0358. The van der Waals surface area contributed by atoms with Gasteiger partial charge in [-0.3, -0.25) is 0 Å². The Morgan fingerprint density at radius 1 is 1.32 bits per heavy atom. The number of benzene rings is 1. The number of phenolic OH excluding ortho intramolecular Hbond substituents is 1. The lowest BCUT2D eigenvalue weighted by Crippen LogP contribution is -2.21. The summed E-state index contributed by atoms with van der Waals surface area (Å²) in [7, 11) is 0. The zero-order chi connectivity index (χ0) is 13.6. The fourth-order valence-corrected chi connectivity index (χ4v) is 2.80. The Balaban J connectivity index is 2.07. The predicted octanol–water partition coefficient (Wildman–Crippen LogP) is 3.17. The minimum absolute atomic E-state index is 0.0358. The van der Waals surface area contributed by atoms with Crippen molar-refractivity contribution in [3.8, 4) is 17.2 Å². The summed E-state index contributed by atoms with van der Waals surface area (Å²) in [5.41, 5.74) is 2.08. The van der Waals surface area contributed by atoms with E-state index in [2.05, 4.69) is 20.8 Å². The van der Waals surface area contributed by atoms with Crippen LogP contribution in [0.2, 0.25) is 0 Å². The van der Waals surface area contributed by atoms with Gasteiger partial charge in [0, 0.05) is 17.2 Å². The Morgan fingerprint density at radius 2 is 2.11 bits per heavy atom. The Bertz CT molecular complexity index is 498. The molecule has 0 aliphatic carbocycles. The highest BCUT2D eigenvalue weighted by atomic mass is 16.7. The van der Waals surface area contributed by atoms with Gasteiger partial charge in [0.25, 0.3) is 0 Å². The number of phenols is 1. The first-order valence-corrected chi connectivity index (χ1v) is 6.71. The molecule has 3 rings (SSSR count). The van der Waals surface area contributed by atoms with Gasteiger partial charge in [0.1, 0.15) is 5.75 Å². The molecule has 19 heavy (non-hydrogen) atoms. The molecule has 0 saturated heterocycles. The topological polar surface area (TPSA) is 47.9 Å². The van der Waals surface area contributed by atoms with E-state index in [1.165, 1.54) is 0 Å². The molecular weight excluding hydrogens is 244 g/mol. The third-order valence-corrected chi connectivity index (χ3v) is 3.58. The Labute approximate surface area is 113 Å². The Kier molecular flexibility index (Phi) is 2.86. The number of ether oxygens (including phenoxy) is 3. The van der Waals surface area contributed by atoms with Gasteiger partial charge >= 0.3 is 0 Å². The van der Waals surface area contributed by atoms with Gasteiger partial charge in [-0.05, 0) is 18.3 Å². The van der Waals surface area contributed by atoms with Crippen molar-refractivity contribution in [3.05, 3.63) is 17.2 Å². The molecule has 0 saturated carbocycles. The highest BCUT2D eigenvalue weighted by Gasteiger charge is 2.34. The molecular formula is C15H20O4. The quantitative estimate of drug-likeness (QED) is 0.846. The van der Waals surface area contributed by atoms with E-state index in [1.807, 2.05) is 0 Å². The van der Waals surface area contributed by atoms with Crippen LogP contribution < -0.4 is 9.47 Å². The maximum Gasteiger partial charge on any atom is 0.231 e. The summed E-state index contributed by atoms with van der Waals surface area (Å²) < 4.78 is 16.9. The number of fused-ring (bicyclic) bond motifs is 3. The van der Waals surface area contributed by atoms with Crippen molar-refractivity contribution < 1.29 is 19.3 Å². The zero-order valence-electron chi connectivity index (χ0n) is 11.7. The van der Waals surface area contributed by atoms with E-state index in [4.69, 9.17) is 14.2 Å². The van der Waals surface area contributed by atoms with Gasteiger partial charge < -0.3 is 19.3 Å². The molecule has 2 heterocycles. The molecule has 0 amide bonds. The molecule has 1 atom stereocenters. The molecule has 0 spiro atoms. The summed E-state index contributed by atoms with van der Waals surface area (Å²) in [6.45, 7) is 7.41. The first-order valence-electron chi connectivity index (χ1n) is 6.71. The fraction of sp³-hybridized carbons (Fsp3) is 0.600. The molecule has 1 N–H and O–H groups in total. The monoisotopic (exact) mass is 264 g/mol. The zero-order valence-corrected chi connectivity index (χ0v) is 11.7. The number of aromatic hydroxyl groups is 1. The van der Waals surface area contributed by atoms with Gasteiger partial charge in [-0.2, -0.15) is 0 Å². The Morgan fingerprint density at radius 3 is 2.84 bits per heavy atom. The molecule has 0 aromatic heterocycles. The smallest absolute Gasteiger partial charge is 0.231 e. The normalized spacial score (nSPS) is 21.3. The second-order valence-electron chi connectivity index (χ2n) is 6.40. The van der Waals surface area contributed by atoms with Crippen LogP contribution in [0.15, 0.2) is 6.07 Å². The average Bonchev–Trinajstić information content (AvgIpc) is 2.75. The van der Waals surface area contributed by atoms with E-state index in [9.17, 15) is 5.11 Å². The number of hydrogen-bond donors (Lipinski definition) is 1.